The maximum Gasteiger partial charge on any atom is 0.118 e. The molecule has 0 aliphatic rings. The van der Waals surface area contributed by atoms with Gasteiger partial charge in [-0.25, -0.2) is 9.50 Å². The van der Waals surface area contributed by atoms with E-state index in [1.807, 2.05) is 0 Å². The van der Waals surface area contributed by atoms with E-state index in [1.165, 1.54) is 0 Å². The highest BCUT2D eigenvalue weighted by atomic mass is 19.1. The fraction of sp³-hybridized carbons (Fsp3) is 1.00. The summed E-state index contributed by atoms with van der Waals surface area (Å²) in [4.78, 5) is 0. The molecule has 37 valence electrons. The second-order valence-electron chi connectivity index (χ2n) is 0.975. The predicted molar refractivity (Wildman–Crippen MR) is 17.5 cm³/mol. The smallest absolute Gasteiger partial charge is 0.118 e. The summed E-state index contributed by atoms with van der Waals surface area (Å²) in [6.45, 7) is -1.67. The summed E-state index contributed by atoms with van der Waals surface area (Å²) in [6.07, 6.45) is -1.29. The number of halogens is 1. The van der Waals surface area contributed by atoms with Gasteiger partial charge in [0.25, 0.3) is 0 Å². The molecule has 0 bridgehead atoms. The van der Waals surface area contributed by atoms with Crippen LogP contribution in [-0.4, -0.2) is 24.5 Å². The van der Waals surface area contributed by atoms with Gasteiger partial charge in [-0.3, -0.25) is 0 Å². The monoisotopic (exact) mass is 93.0 g/mol. The van der Waals surface area contributed by atoms with Crippen molar-refractivity contribution < 1.29 is 14.6 Å². The Balaban J connectivity index is 2.75. The molecule has 0 amide bonds. The Labute approximate surface area is 35.2 Å². The summed E-state index contributed by atoms with van der Waals surface area (Å²) in [5.74, 6) is 0. The number of alkyl halides is 1. The van der Waals surface area contributed by atoms with Gasteiger partial charge in [0, 0.05) is 0 Å². The molecule has 0 aliphatic carbocycles. The van der Waals surface area contributed by atoms with Crippen molar-refractivity contribution in [3.05, 3.63) is 0 Å². The van der Waals surface area contributed by atoms with Crippen LogP contribution in [0.1, 0.15) is 0 Å². The molecule has 0 aromatic carbocycles. The first-order valence-corrected chi connectivity index (χ1v) is 1.63. The molecular formula is C3H6FO2. The zero-order valence-electron chi connectivity index (χ0n) is 3.22. The van der Waals surface area contributed by atoms with Crippen molar-refractivity contribution >= 4 is 0 Å². The van der Waals surface area contributed by atoms with Crippen molar-refractivity contribution in [2.45, 2.75) is 6.10 Å². The maximum absolute atomic E-state index is 10.9. The van der Waals surface area contributed by atoms with Gasteiger partial charge in [0.2, 0.25) is 0 Å². The molecule has 0 saturated heterocycles. The molecule has 6 heavy (non-hydrogen) atoms. The van der Waals surface area contributed by atoms with Crippen LogP contribution in [0.25, 0.3) is 0 Å². The Morgan fingerprint density at radius 3 is 2.33 bits per heavy atom. The van der Waals surface area contributed by atoms with Crippen LogP contribution in [-0.2, 0) is 5.11 Å². The molecule has 1 N–H and O–H groups in total. The molecule has 0 spiro atoms. The van der Waals surface area contributed by atoms with E-state index >= 15 is 0 Å². The molecule has 1 radical (unpaired) electrons. The lowest BCUT2D eigenvalue weighted by atomic mass is 10.4. The highest BCUT2D eigenvalue weighted by molar-refractivity contribution is 4.44. The van der Waals surface area contributed by atoms with E-state index in [0.717, 1.165) is 0 Å². The van der Waals surface area contributed by atoms with Gasteiger partial charge in [0.05, 0.1) is 0 Å². The van der Waals surface area contributed by atoms with E-state index in [-0.39, 0.29) is 0 Å². The molecule has 0 aromatic heterocycles. The molecule has 1 atom stereocenters. The van der Waals surface area contributed by atoms with Crippen LogP contribution < -0.4 is 0 Å². The van der Waals surface area contributed by atoms with Gasteiger partial charge >= 0.3 is 0 Å². The van der Waals surface area contributed by atoms with Crippen molar-refractivity contribution in [1.82, 2.24) is 0 Å². The van der Waals surface area contributed by atoms with Crippen LogP contribution in [0.2, 0.25) is 0 Å². The summed E-state index contributed by atoms with van der Waals surface area (Å²) in [7, 11) is 0. The van der Waals surface area contributed by atoms with Gasteiger partial charge in [0.1, 0.15) is 19.4 Å². The third-order valence-corrected chi connectivity index (χ3v) is 0.371. The summed E-state index contributed by atoms with van der Waals surface area (Å²) >= 11 is 0. The molecule has 0 fully saturated rings. The Bertz CT molecular complexity index is 28.0. The quantitative estimate of drug-likeness (QED) is 0.502. The fourth-order valence-corrected chi connectivity index (χ4v) is 0.0445. The Morgan fingerprint density at radius 2 is 2.33 bits per heavy atom. The lowest BCUT2D eigenvalue weighted by Gasteiger charge is -1.92. The van der Waals surface area contributed by atoms with Crippen LogP contribution >= 0.6 is 0 Å². The summed E-state index contributed by atoms with van der Waals surface area (Å²) in [6, 6.07) is 0. The van der Waals surface area contributed by atoms with Crippen LogP contribution in [0.5, 0.6) is 0 Å². The third kappa shape index (κ3) is 2.11. The molecule has 2 nitrogen and oxygen atoms in total. The molecule has 0 aliphatic heterocycles. The fourth-order valence-electron chi connectivity index (χ4n) is 0.0445. The van der Waals surface area contributed by atoms with Crippen LogP contribution in [0.4, 0.5) is 4.39 Å². The number of aliphatic hydroxyl groups is 1. The van der Waals surface area contributed by atoms with E-state index in [1.54, 1.807) is 0 Å². The van der Waals surface area contributed by atoms with Crippen LogP contribution in [0, 0.1) is 0 Å². The van der Waals surface area contributed by atoms with Gasteiger partial charge in [-0.2, -0.15) is 0 Å². The molecule has 0 aromatic rings. The molecule has 0 heterocycles. The summed E-state index contributed by atoms with van der Waals surface area (Å²) in [5.41, 5.74) is 0. The van der Waals surface area contributed by atoms with Gasteiger partial charge in [0.15, 0.2) is 0 Å². The first-order valence-electron chi connectivity index (χ1n) is 1.63. The molecule has 3 heteroatoms. The Kier molecular flexibility index (Phi) is 2.98. The molecule has 0 saturated carbocycles. The Hall–Kier alpha value is -0.150. The number of aliphatic hydroxyl groups excluding tert-OH is 1. The van der Waals surface area contributed by atoms with Gasteiger partial charge in [-0.15, -0.1) is 0 Å². The normalized spacial score (nSPS) is 14.5. The van der Waals surface area contributed by atoms with E-state index in [4.69, 9.17) is 5.11 Å². The minimum Gasteiger partial charge on any atom is -0.388 e. The number of hydrogen-bond acceptors (Lipinski definition) is 1. The largest absolute Gasteiger partial charge is 0.388 e. The minimum atomic E-state index is -1.29. The SMILES string of the molecule is [O]C[C@@H](O)CF. The van der Waals surface area contributed by atoms with Crippen LogP contribution in [0.3, 0.4) is 0 Å². The molecule has 0 unspecified atom stereocenters. The average Bonchev–Trinajstić information content (AvgIpc) is 1.65. The van der Waals surface area contributed by atoms with E-state index < -0.39 is 19.4 Å². The molecular weight excluding hydrogens is 87.0 g/mol. The second-order valence-corrected chi connectivity index (χ2v) is 0.975. The van der Waals surface area contributed by atoms with Gasteiger partial charge < -0.3 is 5.11 Å². The van der Waals surface area contributed by atoms with Crippen molar-refractivity contribution in [3.8, 4) is 0 Å². The zero-order valence-corrected chi connectivity index (χ0v) is 3.22. The average molecular weight is 93.1 g/mol. The minimum absolute atomic E-state index is 0.740. The predicted octanol–water partition coefficient (Wildman–Crippen LogP) is -0.253. The van der Waals surface area contributed by atoms with E-state index in [9.17, 15) is 9.50 Å². The maximum atomic E-state index is 10.9. The van der Waals surface area contributed by atoms with E-state index in [0.29, 0.717) is 0 Å². The zero-order chi connectivity index (χ0) is 4.99. The first-order chi connectivity index (χ1) is 2.81. The van der Waals surface area contributed by atoms with Crippen molar-refractivity contribution in [1.29, 1.82) is 0 Å². The highest BCUT2D eigenvalue weighted by Gasteiger charge is 1.97. The topological polar surface area (TPSA) is 40.1 Å². The van der Waals surface area contributed by atoms with Gasteiger partial charge in [-0.05, 0) is 0 Å². The second kappa shape index (κ2) is 3.06. The third-order valence-electron chi connectivity index (χ3n) is 0.371. The van der Waals surface area contributed by atoms with E-state index in [2.05, 4.69) is 0 Å². The van der Waals surface area contributed by atoms with Gasteiger partial charge in [-0.1, -0.05) is 0 Å². The van der Waals surface area contributed by atoms with Crippen molar-refractivity contribution in [3.63, 3.8) is 0 Å². The standard InChI is InChI=1S/C3H6FO2/c4-1-3(6)2-5/h3,6H,1-2H2/t3-/m0/s1. The highest BCUT2D eigenvalue weighted by Crippen LogP contribution is 1.78. The summed E-state index contributed by atoms with van der Waals surface area (Å²) < 4.78 is 10.9. The molecule has 0 rings (SSSR count). The van der Waals surface area contributed by atoms with Crippen molar-refractivity contribution in [2.75, 3.05) is 13.3 Å². The van der Waals surface area contributed by atoms with Crippen LogP contribution in [0.15, 0.2) is 0 Å². The lowest BCUT2D eigenvalue weighted by Crippen LogP contribution is -2.12. The first kappa shape index (κ1) is 5.85. The number of rotatable bonds is 2. The Morgan fingerprint density at radius 1 is 1.83 bits per heavy atom. The van der Waals surface area contributed by atoms with Crippen molar-refractivity contribution in [2.24, 2.45) is 0 Å². The number of hydrogen-bond donors (Lipinski definition) is 1. The lowest BCUT2D eigenvalue weighted by molar-refractivity contribution is 0.0395. The summed E-state index contributed by atoms with van der Waals surface area (Å²) in [5, 5.41) is 17.4.